The number of hydrogen-bond donors (Lipinski definition) is 0. The summed E-state index contributed by atoms with van der Waals surface area (Å²) in [6, 6.07) is 45.7. The van der Waals surface area contributed by atoms with Crippen molar-refractivity contribution < 1.29 is 0 Å². The Morgan fingerprint density at radius 3 is 1.73 bits per heavy atom. The average Bonchev–Trinajstić information content (AvgIpc) is 3.50. The Labute approximate surface area is 240 Å². The molecule has 0 atom stereocenters. The minimum atomic E-state index is 0.649. The molecule has 5 heteroatoms. The molecule has 2 aromatic heterocycles. The van der Waals surface area contributed by atoms with Gasteiger partial charge in [-0.2, -0.15) is 0 Å². The van der Waals surface area contributed by atoms with Crippen LogP contribution in [0.1, 0.15) is 0 Å². The van der Waals surface area contributed by atoms with Gasteiger partial charge in [-0.25, -0.2) is 19.9 Å². The molecule has 192 valence electrons. The van der Waals surface area contributed by atoms with E-state index in [9.17, 15) is 0 Å². The fraction of sp³-hybridized carbons (Fsp3) is 0. The van der Waals surface area contributed by atoms with Crippen LogP contribution in [-0.4, -0.2) is 19.9 Å². The van der Waals surface area contributed by atoms with Crippen molar-refractivity contribution in [1.82, 2.24) is 19.9 Å². The number of nitrogens with zero attached hydrogens (tertiary/aromatic N) is 4. The maximum Gasteiger partial charge on any atom is 0.164 e. The summed E-state index contributed by atoms with van der Waals surface area (Å²) in [6.07, 6.45) is 0. The Balaban J connectivity index is 1.31. The van der Waals surface area contributed by atoms with Gasteiger partial charge in [-0.3, -0.25) is 0 Å². The summed E-state index contributed by atoms with van der Waals surface area (Å²) in [4.78, 5) is 19.8. The first-order valence-corrected chi connectivity index (χ1v) is 14.3. The Morgan fingerprint density at radius 2 is 1.00 bits per heavy atom. The van der Waals surface area contributed by atoms with Crippen LogP contribution in [0, 0.1) is 0 Å². The van der Waals surface area contributed by atoms with Gasteiger partial charge in [0.05, 0.1) is 10.2 Å². The molecule has 0 aliphatic rings. The van der Waals surface area contributed by atoms with Crippen LogP contribution in [0.5, 0.6) is 0 Å². The van der Waals surface area contributed by atoms with E-state index in [1.165, 1.54) is 10.8 Å². The van der Waals surface area contributed by atoms with Gasteiger partial charge in [-0.05, 0) is 28.3 Å². The van der Waals surface area contributed by atoms with E-state index >= 15 is 0 Å². The summed E-state index contributed by atoms with van der Waals surface area (Å²) in [5, 5.41) is 5.76. The molecule has 6 aromatic carbocycles. The number of hydrogen-bond acceptors (Lipinski definition) is 5. The van der Waals surface area contributed by atoms with Crippen LogP contribution >= 0.6 is 11.3 Å². The SMILES string of the molecule is c1ccc(-c2nc(-c3ccccc3)nc(-c3ccc4ccc5nc(-c6cccc7ccccc67)sc5c4c3)n2)cc1. The molecule has 0 bridgehead atoms. The van der Waals surface area contributed by atoms with Gasteiger partial charge in [0.1, 0.15) is 5.01 Å². The van der Waals surface area contributed by atoms with E-state index in [-0.39, 0.29) is 0 Å². The highest BCUT2D eigenvalue weighted by Gasteiger charge is 2.15. The molecule has 8 rings (SSSR count). The van der Waals surface area contributed by atoms with Crippen molar-refractivity contribution >= 4 is 43.1 Å². The molecule has 0 aliphatic heterocycles. The summed E-state index contributed by atoms with van der Waals surface area (Å²) in [7, 11) is 0. The fourth-order valence-electron chi connectivity index (χ4n) is 5.31. The lowest BCUT2D eigenvalue weighted by molar-refractivity contribution is 1.07. The lowest BCUT2D eigenvalue weighted by Gasteiger charge is -2.09. The lowest BCUT2D eigenvalue weighted by atomic mass is 10.0. The normalized spacial score (nSPS) is 11.4. The molecule has 0 spiro atoms. The zero-order valence-corrected chi connectivity index (χ0v) is 22.7. The van der Waals surface area contributed by atoms with Crippen LogP contribution in [0.3, 0.4) is 0 Å². The topological polar surface area (TPSA) is 51.6 Å². The summed E-state index contributed by atoms with van der Waals surface area (Å²) in [5.41, 5.74) is 5.01. The number of benzene rings is 6. The second-order valence-corrected chi connectivity index (χ2v) is 10.9. The molecule has 0 N–H and O–H groups in total. The van der Waals surface area contributed by atoms with Crippen LogP contribution in [0.2, 0.25) is 0 Å². The van der Waals surface area contributed by atoms with E-state index in [2.05, 4.69) is 72.8 Å². The minimum absolute atomic E-state index is 0.649. The highest BCUT2D eigenvalue weighted by atomic mass is 32.1. The quantitative estimate of drug-likeness (QED) is 0.222. The highest BCUT2D eigenvalue weighted by Crippen LogP contribution is 2.39. The van der Waals surface area contributed by atoms with Crippen LogP contribution in [-0.2, 0) is 0 Å². The van der Waals surface area contributed by atoms with Gasteiger partial charge < -0.3 is 0 Å². The van der Waals surface area contributed by atoms with E-state index in [1.54, 1.807) is 11.3 Å². The Kier molecular flexibility index (Phi) is 5.61. The Morgan fingerprint density at radius 1 is 0.415 bits per heavy atom. The van der Waals surface area contributed by atoms with E-state index in [0.29, 0.717) is 17.5 Å². The first kappa shape index (κ1) is 23.6. The molecule has 4 nitrogen and oxygen atoms in total. The van der Waals surface area contributed by atoms with Crippen LogP contribution < -0.4 is 0 Å². The maximum atomic E-state index is 5.07. The van der Waals surface area contributed by atoms with Crippen molar-refractivity contribution in [3.05, 3.63) is 133 Å². The molecule has 0 radical (unpaired) electrons. The molecule has 41 heavy (non-hydrogen) atoms. The molecular weight excluding hydrogens is 520 g/mol. The third-order valence-electron chi connectivity index (χ3n) is 7.35. The first-order chi connectivity index (χ1) is 20.3. The molecule has 2 heterocycles. The van der Waals surface area contributed by atoms with E-state index < -0.39 is 0 Å². The highest BCUT2D eigenvalue weighted by molar-refractivity contribution is 7.22. The Bertz CT molecular complexity index is 2140. The summed E-state index contributed by atoms with van der Waals surface area (Å²) in [5.74, 6) is 1.96. The zero-order chi connectivity index (χ0) is 27.2. The van der Waals surface area contributed by atoms with Crippen molar-refractivity contribution in [2.24, 2.45) is 0 Å². The van der Waals surface area contributed by atoms with Crippen LogP contribution in [0.25, 0.3) is 76.5 Å². The molecule has 0 fully saturated rings. The zero-order valence-electron chi connectivity index (χ0n) is 21.9. The Hall–Kier alpha value is -5.26. The van der Waals surface area contributed by atoms with Crippen LogP contribution in [0.15, 0.2) is 133 Å². The fourth-order valence-corrected chi connectivity index (χ4v) is 6.44. The molecule has 0 unspecified atom stereocenters. The van der Waals surface area contributed by atoms with Gasteiger partial charge in [-0.15, -0.1) is 11.3 Å². The summed E-state index contributed by atoms with van der Waals surface area (Å²) >= 11 is 1.73. The first-order valence-electron chi connectivity index (χ1n) is 13.5. The van der Waals surface area contributed by atoms with Crippen molar-refractivity contribution in [2.45, 2.75) is 0 Å². The molecular formula is C36H22N4S. The molecule has 0 amide bonds. The van der Waals surface area contributed by atoms with Gasteiger partial charge in [-0.1, -0.05) is 121 Å². The van der Waals surface area contributed by atoms with E-state index in [0.717, 1.165) is 48.3 Å². The van der Waals surface area contributed by atoms with Gasteiger partial charge in [0, 0.05) is 27.6 Å². The molecule has 0 aliphatic carbocycles. The molecule has 0 saturated heterocycles. The predicted molar refractivity (Wildman–Crippen MR) is 170 cm³/mol. The van der Waals surface area contributed by atoms with Crippen molar-refractivity contribution in [1.29, 1.82) is 0 Å². The van der Waals surface area contributed by atoms with Crippen molar-refractivity contribution in [2.75, 3.05) is 0 Å². The lowest BCUT2D eigenvalue weighted by Crippen LogP contribution is -2.00. The number of rotatable bonds is 4. The van der Waals surface area contributed by atoms with Gasteiger partial charge in [0.2, 0.25) is 0 Å². The van der Waals surface area contributed by atoms with Gasteiger partial charge in [0.25, 0.3) is 0 Å². The average molecular weight is 543 g/mol. The predicted octanol–water partition coefficient (Wildman–Crippen LogP) is 9.46. The number of thiazole rings is 1. The standard InChI is InChI=1S/C36H22N4S/c1-3-11-25(12-4-1)33-38-34(26-13-5-2-6-14-26)40-35(39-33)27-19-18-24-20-21-31-32(30(24)22-27)41-36(37-31)29-17-9-15-23-10-7-8-16-28(23)29/h1-22H. The summed E-state index contributed by atoms with van der Waals surface area (Å²) in [6.45, 7) is 0. The van der Waals surface area contributed by atoms with Crippen LogP contribution in [0.4, 0.5) is 0 Å². The third kappa shape index (κ3) is 4.24. The molecule has 8 aromatic rings. The van der Waals surface area contributed by atoms with Gasteiger partial charge >= 0.3 is 0 Å². The minimum Gasteiger partial charge on any atom is -0.236 e. The number of fused-ring (bicyclic) bond motifs is 4. The van der Waals surface area contributed by atoms with Gasteiger partial charge in [0.15, 0.2) is 17.5 Å². The second kappa shape index (κ2) is 9.73. The maximum absolute atomic E-state index is 5.07. The molecule has 0 saturated carbocycles. The second-order valence-electron chi connectivity index (χ2n) is 9.93. The van der Waals surface area contributed by atoms with E-state index in [1.807, 2.05) is 60.7 Å². The monoisotopic (exact) mass is 542 g/mol. The largest absolute Gasteiger partial charge is 0.236 e. The number of aromatic nitrogens is 4. The van der Waals surface area contributed by atoms with E-state index in [4.69, 9.17) is 19.9 Å². The third-order valence-corrected chi connectivity index (χ3v) is 8.49. The smallest absolute Gasteiger partial charge is 0.164 e. The van der Waals surface area contributed by atoms with Crippen molar-refractivity contribution in [3.63, 3.8) is 0 Å². The van der Waals surface area contributed by atoms with Crippen molar-refractivity contribution in [3.8, 4) is 44.7 Å². The summed E-state index contributed by atoms with van der Waals surface area (Å²) < 4.78 is 1.16.